The first-order valence-corrected chi connectivity index (χ1v) is 7.50. The Labute approximate surface area is 121 Å². The van der Waals surface area contributed by atoms with E-state index in [-0.39, 0.29) is 12.1 Å². The van der Waals surface area contributed by atoms with Gasteiger partial charge in [0.1, 0.15) is 0 Å². The van der Waals surface area contributed by atoms with Crippen molar-refractivity contribution in [3.8, 4) is 0 Å². The zero-order valence-electron chi connectivity index (χ0n) is 12.3. The normalized spacial score (nSPS) is 21.8. The number of hydrogen-bond donors (Lipinski definition) is 2. The molecule has 3 unspecified atom stereocenters. The van der Waals surface area contributed by atoms with Crippen molar-refractivity contribution in [3.63, 3.8) is 0 Å². The van der Waals surface area contributed by atoms with Crippen molar-refractivity contribution < 1.29 is 9.47 Å². The van der Waals surface area contributed by atoms with Crippen LogP contribution in [-0.4, -0.2) is 25.9 Å². The first kappa shape index (κ1) is 15.4. The van der Waals surface area contributed by atoms with Crippen molar-refractivity contribution in [2.24, 2.45) is 5.84 Å². The third-order valence-electron chi connectivity index (χ3n) is 4.03. The molecule has 3 N–H and O–H groups in total. The summed E-state index contributed by atoms with van der Waals surface area (Å²) in [6.07, 6.45) is 6.05. The van der Waals surface area contributed by atoms with Crippen molar-refractivity contribution >= 4 is 0 Å². The van der Waals surface area contributed by atoms with E-state index >= 15 is 0 Å². The fraction of sp³-hybridized carbons (Fsp3) is 0.625. The molecule has 1 aromatic carbocycles. The van der Waals surface area contributed by atoms with Crippen molar-refractivity contribution in [1.82, 2.24) is 5.43 Å². The van der Waals surface area contributed by atoms with Gasteiger partial charge in [0.05, 0.1) is 18.2 Å². The number of hydrazine groups is 1. The Hall–Kier alpha value is -0.940. The summed E-state index contributed by atoms with van der Waals surface area (Å²) in [6, 6.07) is 10.4. The van der Waals surface area contributed by atoms with Crippen LogP contribution in [0.1, 0.15) is 43.8 Å². The van der Waals surface area contributed by atoms with Crippen LogP contribution in [0.2, 0.25) is 0 Å². The fourth-order valence-electron chi connectivity index (χ4n) is 2.93. The highest BCUT2D eigenvalue weighted by Crippen LogP contribution is 2.25. The monoisotopic (exact) mass is 278 g/mol. The molecule has 1 heterocycles. The van der Waals surface area contributed by atoms with Gasteiger partial charge in [-0.3, -0.25) is 11.3 Å². The van der Waals surface area contributed by atoms with E-state index in [1.807, 2.05) is 18.2 Å². The zero-order chi connectivity index (χ0) is 14.2. The van der Waals surface area contributed by atoms with Gasteiger partial charge in [-0.1, -0.05) is 30.3 Å². The van der Waals surface area contributed by atoms with Gasteiger partial charge < -0.3 is 9.47 Å². The number of rotatable bonds is 8. The zero-order valence-corrected chi connectivity index (χ0v) is 12.3. The summed E-state index contributed by atoms with van der Waals surface area (Å²) in [4.78, 5) is 0. The smallest absolute Gasteiger partial charge is 0.0987 e. The molecule has 4 heteroatoms. The minimum atomic E-state index is -0.00861. The molecule has 1 aliphatic heterocycles. The van der Waals surface area contributed by atoms with Gasteiger partial charge in [-0.15, -0.1) is 0 Å². The van der Waals surface area contributed by atoms with E-state index in [4.69, 9.17) is 15.3 Å². The van der Waals surface area contributed by atoms with Gasteiger partial charge in [0.25, 0.3) is 0 Å². The van der Waals surface area contributed by atoms with Crippen LogP contribution in [0.3, 0.4) is 0 Å². The molecule has 0 spiro atoms. The van der Waals surface area contributed by atoms with Gasteiger partial charge >= 0.3 is 0 Å². The summed E-state index contributed by atoms with van der Waals surface area (Å²) < 4.78 is 11.3. The lowest BCUT2D eigenvalue weighted by molar-refractivity contribution is 0.0598. The second-order valence-corrected chi connectivity index (χ2v) is 5.41. The molecule has 0 aromatic heterocycles. The predicted molar refractivity (Wildman–Crippen MR) is 80.1 cm³/mol. The van der Waals surface area contributed by atoms with Crippen LogP contribution in [-0.2, 0) is 9.47 Å². The SMILES string of the molecule is COC(c1ccccc1)C(CCCC1CCCO1)NN. The summed E-state index contributed by atoms with van der Waals surface area (Å²) in [7, 11) is 1.74. The van der Waals surface area contributed by atoms with E-state index < -0.39 is 0 Å². The summed E-state index contributed by atoms with van der Waals surface area (Å²) in [6.45, 7) is 0.925. The summed E-state index contributed by atoms with van der Waals surface area (Å²) >= 11 is 0. The quantitative estimate of drug-likeness (QED) is 0.567. The van der Waals surface area contributed by atoms with E-state index in [1.54, 1.807) is 7.11 Å². The van der Waals surface area contributed by atoms with Crippen LogP contribution in [0.15, 0.2) is 30.3 Å². The third-order valence-corrected chi connectivity index (χ3v) is 4.03. The molecule has 20 heavy (non-hydrogen) atoms. The number of hydrogen-bond acceptors (Lipinski definition) is 4. The maximum Gasteiger partial charge on any atom is 0.0987 e. The number of benzene rings is 1. The average molecular weight is 278 g/mol. The van der Waals surface area contributed by atoms with Crippen LogP contribution in [0.5, 0.6) is 0 Å². The molecule has 3 atom stereocenters. The van der Waals surface area contributed by atoms with Crippen molar-refractivity contribution in [2.45, 2.75) is 50.4 Å². The predicted octanol–water partition coefficient (Wildman–Crippen LogP) is 2.56. The number of ether oxygens (including phenoxy) is 2. The highest BCUT2D eigenvalue weighted by Gasteiger charge is 2.22. The van der Waals surface area contributed by atoms with Gasteiger partial charge in [0.2, 0.25) is 0 Å². The summed E-state index contributed by atoms with van der Waals surface area (Å²) in [5.74, 6) is 5.72. The molecule has 0 bridgehead atoms. The Morgan fingerprint density at radius 1 is 1.40 bits per heavy atom. The molecule has 1 aliphatic rings. The van der Waals surface area contributed by atoms with Gasteiger partial charge in [0.15, 0.2) is 0 Å². The maximum atomic E-state index is 5.72. The molecule has 0 saturated carbocycles. The number of nitrogens with two attached hydrogens (primary N) is 1. The van der Waals surface area contributed by atoms with Crippen LogP contribution < -0.4 is 11.3 Å². The Bertz CT molecular complexity index is 366. The molecule has 4 nitrogen and oxygen atoms in total. The van der Waals surface area contributed by atoms with Crippen LogP contribution in [0.4, 0.5) is 0 Å². The van der Waals surface area contributed by atoms with Gasteiger partial charge in [-0.2, -0.15) is 0 Å². The lowest BCUT2D eigenvalue weighted by Crippen LogP contribution is -2.40. The topological polar surface area (TPSA) is 56.5 Å². The average Bonchev–Trinajstić information content (AvgIpc) is 3.01. The van der Waals surface area contributed by atoms with Crippen LogP contribution in [0.25, 0.3) is 0 Å². The van der Waals surface area contributed by atoms with E-state index in [9.17, 15) is 0 Å². The highest BCUT2D eigenvalue weighted by molar-refractivity contribution is 5.19. The molecule has 2 rings (SSSR count). The molecule has 0 radical (unpaired) electrons. The number of nitrogens with one attached hydrogen (secondary N) is 1. The molecule has 1 aromatic rings. The first-order valence-electron chi connectivity index (χ1n) is 7.50. The second kappa shape index (κ2) is 8.37. The Morgan fingerprint density at radius 3 is 2.80 bits per heavy atom. The third kappa shape index (κ3) is 4.28. The first-order chi connectivity index (χ1) is 9.85. The number of methoxy groups -OCH3 is 1. The Kier molecular flexibility index (Phi) is 6.47. The summed E-state index contributed by atoms with van der Waals surface area (Å²) in [5, 5.41) is 0. The maximum absolute atomic E-state index is 5.72. The molecule has 0 amide bonds. The van der Waals surface area contributed by atoms with Gasteiger partial charge in [-0.05, 0) is 37.7 Å². The Balaban J connectivity index is 1.85. The minimum absolute atomic E-state index is 0.00861. The highest BCUT2D eigenvalue weighted by atomic mass is 16.5. The van der Waals surface area contributed by atoms with E-state index in [1.165, 1.54) is 12.8 Å². The lowest BCUT2D eigenvalue weighted by Gasteiger charge is -2.26. The lowest BCUT2D eigenvalue weighted by atomic mass is 9.97. The molecule has 1 fully saturated rings. The van der Waals surface area contributed by atoms with Crippen LogP contribution in [0, 0.1) is 0 Å². The minimum Gasteiger partial charge on any atom is -0.378 e. The molecule has 0 aliphatic carbocycles. The largest absolute Gasteiger partial charge is 0.378 e. The van der Waals surface area contributed by atoms with E-state index in [2.05, 4.69) is 17.6 Å². The molecule has 1 saturated heterocycles. The Morgan fingerprint density at radius 2 is 2.20 bits per heavy atom. The van der Waals surface area contributed by atoms with Gasteiger partial charge in [0, 0.05) is 13.7 Å². The van der Waals surface area contributed by atoms with Crippen molar-refractivity contribution in [3.05, 3.63) is 35.9 Å². The summed E-state index contributed by atoms with van der Waals surface area (Å²) in [5.41, 5.74) is 4.07. The van der Waals surface area contributed by atoms with E-state index in [0.29, 0.717) is 6.10 Å². The van der Waals surface area contributed by atoms with Crippen molar-refractivity contribution in [2.75, 3.05) is 13.7 Å². The van der Waals surface area contributed by atoms with Gasteiger partial charge in [-0.25, -0.2) is 0 Å². The second-order valence-electron chi connectivity index (χ2n) is 5.41. The van der Waals surface area contributed by atoms with Crippen molar-refractivity contribution in [1.29, 1.82) is 0 Å². The molecular formula is C16H26N2O2. The van der Waals surface area contributed by atoms with Crippen LogP contribution >= 0.6 is 0 Å². The molecular weight excluding hydrogens is 252 g/mol. The molecule has 112 valence electrons. The van der Waals surface area contributed by atoms with E-state index in [0.717, 1.165) is 31.4 Å². The standard InChI is InChI=1S/C16H26N2O2/c1-19-16(13-7-3-2-4-8-13)15(18-17)11-5-9-14-10-6-12-20-14/h2-4,7-8,14-16,18H,5-6,9-12,17H2,1H3. The fourth-order valence-corrected chi connectivity index (χ4v) is 2.93.